The molecule has 2 N–H and O–H groups in total. The molecule has 0 spiro atoms. The van der Waals surface area contributed by atoms with Gasteiger partial charge in [-0.1, -0.05) is 23.5 Å². The summed E-state index contributed by atoms with van der Waals surface area (Å²) in [6.07, 6.45) is 4.25. The lowest BCUT2D eigenvalue weighted by Gasteiger charge is -2.22. The maximum atomic E-state index is 9.20. The first kappa shape index (κ1) is 20.0. The van der Waals surface area contributed by atoms with Gasteiger partial charge in [0.15, 0.2) is 0 Å². The van der Waals surface area contributed by atoms with Crippen molar-refractivity contribution in [1.29, 1.82) is 0 Å². The molecule has 2 heterocycles. The molecule has 4 aromatic rings. The molecule has 0 atom stereocenters. The summed E-state index contributed by atoms with van der Waals surface area (Å²) in [6, 6.07) is 12.5. The SMILES string of the molecule is Cc1nc2c(ccc3c2sc(/C=C/c2ccc(N(CCO)CCO)cc2)[n+]3C)s1. The van der Waals surface area contributed by atoms with Crippen molar-refractivity contribution in [3.63, 3.8) is 0 Å². The van der Waals surface area contributed by atoms with Gasteiger partial charge >= 0.3 is 0 Å². The van der Waals surface area contributed by atoms with Gasteiger partial charge in [-0.25, -0.2) is 4.98 Å². The van der Waals surface area contributed by atoms with Crippen molar-refractivity contribution in [2.45, 2.75) is 6.92 Å². The molecule has 0 radical (unpaired) electrons. The van der Waals surface area contributed by atoms with E-state index in [9.17, 15) is 10.2 Å². The van der Waals surface area contributed by atoms with Crippen LogP contribution >= 0.6 is 22.7 Å². The van der Waals surface area contributed by atoms with Crippen molar-refractivity contribution in [3.8, 4) is 0 Å². The van der Waals surface area contributed by atoms with Crippen molar-refractivity contribution < 1.29 is 14.8 Å². The molecular weight excluding hydrogens is 402 g/mol. The van der Waals surface area contributed by atoms with Crippen LogP contribution in [-0.2, 0) is 7.05 Å². The first-order chi connectivity index (χ1) is 14.1. The zero-order chi connectivity index (χ0) is 20.4. The van der Waals surface area contributed by atoms with Gasteiger partial charge in [-0.05, 0) is 36.8 Å². The third-order valence-electron chi connectivity index (χ3n) is 4.92. The van der Waals surface area contributed by atoms with E-state index in [1.54, 1.807) is 22.7 Å². The Kier molecular flexibility index (Phi) is 5.91. The minimum Gasteiger partial charge on any atom is -0.395 e. The average Bonchev–Trinajstić information content (AvgIpc) is 3.26. The second-order valence-corrected chi connectivity index (χ2v) is 9.12. The summed E-state index contributed by atoms with van der Waals surface area (Å²) in [4.78, 5) is 6.69. The molecule has 4 rings (SSSR count). The molecule has 0 saturated carbocycles. The number of hydrogen-bond acceptors (Lipinski definition) is 6. The average molecular weight is 427 g/mol. The third-order valence-corrected chi connectivity index (χ3v) is 7.08. The lowest BCUT2D eigenvalue weighted by atomic mass is 10.2. The minimum atomic E-state index is 0.0653. The first-order valence-corrected chi connectivity index (χ1v) is 11.2. The van der Waals surface area contributed by atoms with Crippen molar-refractivity contribution in [1.82, 2.24) is 4.98 Å². The Bertz CT molecular complexity index is 1160. The number of hydrogen-bond donors (Lipinski definition) is 2. The van der Waals surface area contributed by atoms with Crippen LogP contribution in [0.15, 0.2) is 36.4 Å². The number of aryl methyl sites for hydroxylation is 2. The van der Waals surface area contributed by atoms with Crippen LogP contribution in [0.2, 0.25) is 0 Å². The molecule has 0 amide bonds. The molecule has 29 heavy (non-hydrogen) atoms. The summed E-state index contributed by atoms with van der Waals surface area (Å²) >= 11 is 3.50. The normalized spacial score (nSPS) is 11.9. The number of aliphatic hydroxyl groups is 2. The predicted molar refractivity (Wildman–Crippen MR) is 123 cm³/mol. The topological polar surface area (TPSA) is 60.5 Å². The lowest BCUT2D eigenvalue weighted by Crippen LogP contribution is -2.29. The molecule has 0 aliphatic rings. The van der Waals surface area contributed by atoms with E-state index in [0.717, 1.165) is 21.8 Å². The van der Waals surface area contributed by atoms with Crippen molar-refractivity contribution in [2.75, 3.05) is 31.2 Å². The lowest BCUT2D eigenvalue weighted by molar-refractivity contribution is -0.642. The van der Waals surface area contributed by atoms with Crippen LogP contribution in [0.25, 0.3) is 32.6 Å². The van der Waals surface area contributed by atoms with Crippen LogP contribution in [0, 0.1) is 6.92 Å². The predicted octanol–water partition coefficient (Wildman–Crippen LogP) is 3.61. The highest BCUT2D eigenvalue weighted by atomic mass is 32.1. The summed E-state index contributed by atoms with van der Waals surface area (Å²) in [6.45, 7) is 3.21. The molecule has 5 nitrogen and oxygen atoms in total. The van der Waals surface area contributed by atoms with Gasteiger partial charge in [-0.15, -0.1) is 11.3 Å². The molecule has 0 saturated heterocycles. The number of aliphatic hydroxyl groups excluding tert-OH is 2. The van der Waals surface area contributed by atoms with Gasteiger partial charge in [0.05, 0.1) is 22.9 Å². The van der Waals surface area contributed by atoms with E-state index in [2.05, 4.69) is 55.0 Å². The zero-order valence-corrected chi connectivity index (χ0v) is 18.1. The molecule has 150 valence electrons. The molecular formula is C22H24N3O2S2+. The molecule has 0 fully saturated rings. The van der Waals surface area contributed by atoms with Gasteiger partial charge < -0.3 is 15.1 Å². The molecule has 0 aliphatic carbocycles. The monoisotopic (exact) mass is 426 g/mol. The van der Waals surface area contributed by atoms with Gasteiger partial charge in [0, 0.05) is 30.9 Å². The number of anilines is 1. The summed E-state index contributed by atoms with van der Waals surface area (Å²) < 4.78 is 4.68. The number of benzene rings is 2. The Morgan fingerprint density at radius 2 is 1.72 bits per heavy atom. The van der Waals surface area contributed by atoms with E-state index in [1.807, 2.05) is 17.0 Å². The highest BCUT2D eigenvalue weighted by Crippen LogP contribution is 2.32. The number of thiazole rings is 2. The Hall–Kier alpha value is -2.32. The zero-order valence-electron chi connectivity index (χ0n) is 16.5. The maximum absolute atomic E-state index is 9.20. The summed E-state index contributed by atoms with van der Waals surface area (Å²) in [5.74, 6) is 0. The van der Waals surface area contributed by atoms with Gasteiger partial charge in [0.1, 0.15) is 17.3 Å². The largest absolute Gasteiger partial charge is 0.395 e. The van der Waals surface area contributed by atoms with Gasteiger partial charge in [-0.3, -0.25) is 0 Å². The van der Waals surface area contributed by atoms with Crippen LogP contribution in [0.3, 0.4) is 0 Å². The smallest absolute Gasteiger partial charge is 0.262 e. The van der Waals surface area contributed by atoms with E-state index in [0.29, 0.717) is 13.1 Å². The van der Waals surface area contributed by atoms with Crippen molar-refractivity contribution in [2.24, 2.45) is 7.05 Å². The minimum absolute atomic E-state index is 0.0653. The van der Waals surface area contributed by atoms with Gasteiger partial charge in [-0.2, -0.15) is 4.57 Å². The third kappa shape index (κ3) is 4.04. The number of aromatic nitrogens is 2. The quantitative estimate of drug-likeness (QED) is 0.443. The fraction of sp³-hybridized carbons (Fsp3) is 0.273. The molecule has 0 bridgehead atoms. The number of fused-ring (bicyclic) bond motifs is 3. The second kappa shape index (κ2) is 8.59. The summed E-state index contributed by atoms with van der Waals surface area (Å²) in [7, 11) is 2.09. The Balaban J connectivity index is 1.61. The van der Waals surface area contributed by atoms with Crippen LogP contribution in [0.1, 0.15) is 15.6 Å². The highest BCUT2D eigenvalue weighted by molar-refractivity contribution is 7.22. The van der Waals surface area contributed by atoms with E-state index in [-0.39, 0.29) is 13.2 Å². The van der Waals surface area contributed by atoms with Crippen LogP contribution in [0.4, 0.5) is 5.69 Å². The van der Waals surface area contributed by atoms with E-state index in [4.69, 9.17) is 4.98 Å². The van der Waals surface area contributed by atoms with Crippen LogP contribution in [0.5, 0.6) is 0 Å². The Morgan fingerprint density at radius 1 is 1.00 bits per heavy atom. The van der Waals surface area contributed by atoms with E-state index >= 15 is 0 Å². The van der Waals surface area contributed by atoms with E-state index < -0.39 is 0 Å². The number of nitrogens with zero attached hydrogens (tertiary/aromatic N) is 3. The maximum Gasteiger partial charge on any atom is 0.262 e. The molecule has 2 aromatic heterocycles. The van der Waals surface area contributed by atoms with Crippen molar-refractivity contribution in [3.05, 3.63) is 52.0 Å². The molecule has 0 unspecified atom stereocenters. The summed E-state index contributed by atoms with van der Waals surface area (Å²) in [5, 5.41) is 20.7. The molecule has 2 aromatic carbocycles. The molecule has 0 aliphatic heterocycles. The standard InChI is InChI=1S/C22H24N3O2S2/c1-15-23-21-19(28-15)9-8-18-22(21)29-20(24(18)2)10-5-16-3-6-17(7-4-16)25(11-13-26)12-14-27/h3-10,26-27H,11-14H2,1-2H3/q+1. The van der Waals surface area contributed by atoms with Crippen LogP contribution in [-0.4, -0.2) is 41.5 Å². The fourth-order valence-electron chi connectivity index (χ4n) is 3.45. The first-order valence-electron chi connectivity index (χ1n) is 9.54. The Morgan fingerprint density at radius 3 is 2.41 bits per heavy atom. The van der Waals surface area contributed by atoms with Gasteiger partial charge in [0.2, 0.25) is 5.52 Å². The Labute approximate surface area is 177 Å². The van der Waals surface area contributed by atoms with Gasteiger partial charge in [0.25, 0.3) is 5.01 Å². The fourth-order valence-corrected chi connectivity index (χ4v) is 5.49. The second-order valence-electron chi connectivity index (χ2n) is 6.85. The molecule has 7 heteroatoms. The highest BCUT2D eigenvalue weighted by Gasteiger charge is 2.18. The number of rotatable bonds is 7. The van der Waals surface area contributed by atoms with Crippen LogP contribution < -0.4 is 9.47 Å². The van der Waals surface area contributed by atoms with E-state index in [1.165, 1.54) is 19.9 Å². The summed E-state index contributed by atoms with van der Waals surface area (Å²) in [5.41, 5.74) is 4.40. The van der Waals surface area contributed by atoms with Crippen molar-refractivity contribution >= 4 is 60.9 Å².